The Labute approximate surface area is 97.3 Å². The van der Waals surface area contributed by atoms with E-state index < -0.39 is 0 Å². The van der Waals surface area contributed by atoms with Gasteiger partial charge in [0.05, 0.1) is 0 Å². The molecule has 0 aliphatic heterocycles. The molecule has 0 heteroatoms. The van der Waals surface area contributed by atoms with Crippen LogP contribution in [0.15, 0.2) is 66.3 Å². The second-order valence-electron chi connectivity index (χ2n) is 3.98. The second-order valence-corrected chi connectivity index (χ2v) is 3.98. The first kappa shape index (κ1) is 10.7. The van der Waals surface area contributed by atoms with Gasteiger partial charge in [-0.25, -0.2) is 0 Å². The van der Waals surface area contributed by atoms with Crippen LogP contribution in [0.1, 0.15) is 18.1 Å². The van der Waals surface area contributed by atoms with Crippen LogP contribution < -0.4 is 0 Å². The molecule has 0 heterocycles. The first-order chi connectivity index (χ1) is 7.81. The summed E-state index contributed by atoms with van der Waals surface area (Å²) in [6.45, 7) is 5.86. The predicted molar refractivity (Wildman–Crippen MR) is 71.2 cm³/mol. The molecule has 0 saturated heterocycles. The van der Waals surface area contributed by atoms with E-state index in [4.69, 9.17) is 0 Å². The van der Waals surface area contributed by atoms with E-state index in [-0.39, 0.29) is 0 Å². The van der Waals surface area contributed by atoms with Crippen molar-refractivity contribution in [3.8, 4) is 0 Å². The zero-order valence-electron chi connectivity index (χ0n) is 9.61. The van der Waals surface area contributed by atoms with Crippen LogP contribution in [0, 0.1) is 0 Å². The molecule has 1 aromatic carbocycles. The highest BCUT2D eigenvalue weighted by atomic mass is 14.1. The standard InChI is InChI=1S/C16H16/c1-3-4-7-15-12-16-9-6-5-8-14(16)11-10-13(15)2/h3-10,12H,1,11H2,2H3/b7-4-. The smallest absolute Gasteiger partial charge is 0.00856 e. The molecule has 0 nitrogen and oxygen atoms in total. The highest BCUT2D eigenvalue weighted by Crippen LogP contribution is 2.23. The average Bonchev–Trinajstić information content (AvgIpc) is 2.47. The van der Waals surface area contributed by atoms with Crippen LogP contribution >= 0.6 is 0 Å². The molecule has 0 aromatic heterocycles. The lowest BCUT2D eigenvalue weighted by molar-refractivity contribution is 1.24. The summed E-state index contributed by atoms with van der Waals surface area (Å²) in [5.41, 5.74) is 5.31. The summed E-state index contributed by atoms with van der Waals surface area (Å²) in [6.07, 6.45) is 11.5. The third-order valence-electron chi connectivity index (χ3n) is 2.86. The molecule has 1 aliphatic carbocycles. The Morgan fingerprint density at radius 2 is 2.06 bits per heavy atom. The molecule has 0 radical (unpaired) electrons. The van der Waals surface area contributed by atoms with E-state index in [9.17, 15) is 0 Å². The lowest BCUT2D eigenvalue weighted by Gasteiger charge is -2.01. The number of benzene rings is 1. The molecule has 0 amide bonds. The SMILES string of the molecule is C=C/C=C\C1=Cc2ccccc2CC=C1C. The van der Waals surface area contributed by atoms with Crippen molar-refractivity contribution < 1.29 is 0 Å². The van der Waals surface area contributed by atoms with Gasteiger partial charge in [-0.2, -0.15) is 0 Å². The zero-order chi connectivity index (χ0) is 11.4. The monoisotopic (exact) mass is 208 g/mol. The van der Waals surface area contributed by atoms with Crippen molar-refractivity contribution in [2.75, 3.05) is 0 Å². The topological polar surface area (TPSA) is 0 Å². The number of rotatable bonds is 2. The molecule has 0 fully saturated rings. The average molecular weight is 208 g/mol. The largest absolute Gasteiger partial charge is 0.0991 e. The van der Waals surface area contributed by atoms with E-state index in [0.717, 1.165) is 6.42 Å². The number of fused-ring (bicyclic) bond motifs is 1. The van der Waals surface area contributed by atoms with E-state index >= 15 is 0 Å². The summed E-state index contributed by atoms with van der Waals surface area (Å²) in [7, 11) is 0. The van der Waals surface area contributed by atoms with E-state index in [1.807, 2.05) is 12.2 Å². The fourth-order valence-electron chi connectivity index (χ4n) is 1.87. The van der Waals surface area contributed by atoms with Gasteiger partial charge in [-0.1, -0.05) is 55.1 Å². The minimum absolute atomic E-state index is 1.02. The van der Waals surface area contributed by atoms with E-state index in [2.05, 4.69) is 56.0 Å². The Morgan fingerprint density at radius 1 is 1.25 bits per heavy atom. The number of allylic oxidation sites excluding steroid dienone is 6. The summed E-state index contributed by atoms with van der Waals surface area (Å²) in [5.74, 6) is 0. The summed E-state index contributed by atoms with van der Waals surface area (Å²) < 4.78 is 0. The van der Waals surface area contributed by atoms with Gasteiger partial charge in [-0.05, 0) is 41.7 Å². The molecule has 0 bridgehead atoms. The zero-order valence-corrected chi connectivity index (χ0v) is 9.61. The van der Waals surface area contributed by atoms with Gasteiger partial charge < -0.3 is 0 Å². The van der Waals surface area contributed by atoms with Crippen molar-refractivity contribution in [1.29, 1.82) is 0 Å². The van der Waals surface area contributed by atoms with E-state index in [0.29, 0.717) is 0 Å². The van der Waals surface area contributed by atoms with Crippen LogP contribution in [0.2, 0.25) is 0 Å². The van der Waals surface area contributed by atoms with Gasteiger partial charge in [-0.15, -0.1) is 0 Å². The van der Waals surface area contributed by atoms with Gasteiger partial charge in [-0.3, -0.25) is 0 Å². The molecule has 80 valence electrons. The first-order valence-electron chi connectivity index (χ1n) is 5.57. The molecular weight excluding hydrogens is 192 g/mol. The molecule has 16 heavy (non-hydrogen) atoms. The first-order valence-corrected chi connectivity index (χ1v) is 5.57. The maximum atomic E-state index is 3.70. The highest BCUT2D eigenvalue weighted by Gasteiger charge is 2.05. The van der Waals surface area contributed by atoms with Crippen molar-refractivity contribution >= 4 is 6.08 Å². The van der Waals surface area contributed by atoms with Crippen LogP contribution in [0.4, 0.5) is 0 Å². The maximum Gasteiger partial charge on any atom is -0.00856 e. The molecule has 2 rings (SSSR count). The van der Waals surface area contributed by atoms with Crippen molar-refractivity contribution in [1.82, 2.24) is 0 Å². The van der Waals surface area contributed by atoms with Gasteiger partial charge in [0.15, 0.2) is 0 Å². The molecule has 0 N–H and O–H groups in total. The van der Waals surface area contributed by atoms with Crippen molar-refractivity contribution in [3.63, 3.8) is 0 Å². The Bertz CT molecular complexity index is 485. The Morgan fingerprint density at radius 3 is 2.88 bits per heavy atom. The molecule has 1 aromatic rings. The molecular formula is C16H16. The molecule has 0 saturated carbocycles. The molecule has 1 aliphatic rings. The minimum Gasteiger partial charge on any atom is -0.0991 e. The predicted octanol–water partition coefficient (Wildman–Crippen LogP) is 4.31. The van der Waals surface area contributed by atoms with Gasteiger partial charge in [0.1, 0.15) is 0 Å². The highest BCUT2D eigenvalue weighted by molar-refractivity contribution is 5.66. The summed E-state index contributed by atoms with van der Waals surface area (Å²) in [4.78, 5) is 0. The lowest BCUT2D eigenvalue weighted by Crippen LogP contribution is -1.83. The number of hydrogen-bond donors (Lipinski definition) is 0. The van der Waals surface area contributed by atoms with Gasteiger partial charge in [0, 0.05) is 0 Å². The van der Waals surface area contributed by atoms with E-state index in [1.165, 1.54) is 22.3 Å². The quantitative estimate of drug-likeness (QED) is 0.635. The Balaban J connectivity index is 2.47. The normalized spacial score (nSPS) is 15.1. The third-order valence-corrected chi connectivity index (χ3v) is 2.86. The molecule has 0 spiro atoms. The fraction of sp³-hybridized carbons (Fsp3) is 0.125. The Kier molecular flexibility index (Phi) is 3.21. The Hall–Kier alpha value is -1.82. The van der Waals surface area contributed by atoms with Crippen LogP contribution in [0.5, 0.6) is 0 Å². The van der Waals surface area contributed by atoms with Gasteiger partial charge in [0.2, 0.25) is 0 Å². The van der Waals surface area contributed by atoms with Gasteiger partial charge in [0.25, 0.3) is 0 Å². The van der Waals surface area contributed by atoms with Crippen LogP contribution in [-0.2, 0) is 6.42 Å². The van der Waals surface area contributed by atoms with Crippen LogP contribution in [0.3, 0.4) is 0 Å². The second kappa shape index (κ2) is 4.80. The lowest BCUT2D eigenvalue weighted by atomic mass is 10.0. The third kappa shape index (κ3) is 2.22. The van der Waals surface area contributed by atoms with Crippen molar-refractivity contribution in [2.24, 2.45) is 0 Å². The fourth-order valence-corrected chi connectivity index (χ4v) is 1.87. The molecule has 0 unspecified atom stereocenters. The number of hydrogen-bond acceptors (Lipinski definition) is 0. The minimum atomic E-state index is 1.02. The van der Waals surface area contributed by atoms with E-state index in [1.54, 1.807) is 0 Å². The maximum absolute atomic E-state index is 3.70. The summed E-state index contributed by atoms with van der Waals surface area (Å²) >= 11 is 0. The van der Waals surface area contributed by atoms with Crippen molar-refractivity contribution in [2.45, 2.75) is 13.3 Å². The summed E-state index contributed by atoms with van der Waals surface area (Å²) in [5, 5.41) is 0. The summed E-state index contributed by atoms with van der Waals surface area (Å²) in [6, 6.07) is 8.55. The molecule has 0 atom stereocenters. The van der Waals surface area contributed by atoms with Crippen LogP contribution in [-0.4, -0.2) is 0 Å². The van der Waals surface area contributed by atoms with Crippen LogP contribution in [0.25, 0.3) is 6.08 Å². The van der Waals surface area contributed by atoms with Gasteiger partial charge >= 0.3 is 0 Å². The van der Waals surface area contributed by atoms with Crippen molar-refractivity contribution in [3.05, 3.63) is 77.4 Å².